The molecule has 0 fully saturated rings. The van der Waals surface area contributed by atoms with Crippen molar-refractivity contribution in [2.45, 2.75) is 13.8 Å². The van der Waals surface area contributed by atoms with Gasteiger partial charge in [-0.1, -0.05) is 25.8 Å². The van der Waals surface area contributed by atoms with Crippen molar-refractivity contribution in [3.8, 4) is 0 Å². The molecule has 1 aromatic heterocycles. The number of rotatable bonds is 3. The Labute approximate surface area is 132 Å². The maximum Gasteiger partial charge on any atom is 0.332 e. The number of pyridine rings is 1. The molecule has 5 nitrogen and oxygen atoms in total. The third-order valence-electron chi connectivity index (χ3n) is 1.96. The van der Waals surface area contributed by atoms with E-state index in [1.807, 2.05) is 18.2 Å². The highest BCUT2D eigenvalue weighted by molar-refractivity contribution is 5.87. The second-order valence-corrected chi connectivity index (χ2v) is 4.00. The molecule has 120 valence electrons. The lowest BCUT2D eigenvalue weighted by atomic mass is 10.4. The summed E-state index contributed by atoms with van der Waals surface area (Å²) in [5.74, 6) is -0.694. The van der Waals surface area contributed by atoms with E-state index in [0.717, 1.165) is 5.69 Å². The van der Waals surface area contributed by atoms with Gasteiger partial charge in [-0.25, -0.2) is 9.59 Å². The predicted octanol–water partition coefficient (Wildman–Crippen LogP) is 3.20. The first kappa shape index (κ1) is 21.6. The SMILES string of the molecule is C=C(C)C(=O)OC.C=C(C)C(=O)OC.C=Cc1ccccn1. The minimum absolute atomic E-state index is 0.347. The molecule has 0 aliphatic carbocycles. The van der Waals surface area contributed by atoms with Crippen molar-refractivity contribution in [2.75, 3.05) is 14.2 Å². The van der Waals surface area contributed by atoms with Crippen LogP contribution in [-0.4, -0.2) is 31.1 Å². The molecule has 0 saturated carbocycles. The van der Waals surface area contributed by atoms with Gasteiger partial charge in [-0.15, -0.1) is 0 Å². The molecule has 0 aliphatic rings. The van der Waals surface area contributed by atoms with Gasteiger partial charge in [0.2, 0.25) is 0 Å². The van der Waals surface area contributed by atoms with Gasteiger partial charge in [0.25, 0.3) is 0 Å². The van der Waals surface area contributed by atoms with Crippen LogP contribution in [0.3, 0.4) is 0 Å². The maximum absolute atomic E-state index is 10.2. The normalized spacial score (nSPS) is 8.00. The summed E-state index contributed by atoms with van der Waals surface area (Å²) in [7, 11) is 2.66. The van der Waals surface area contributed by atoms with Crippen molar-refractivity contribution >= 4 is 18.0 Å². The first-order valence-corrected chi connectivity index (χ1v) is 6.31. The molecule has 0 saturated heterocycles. The smallest absolute Gasteiger partial charge is 0.332 e. The van der Waals surface area contributed by atoms with Crippen molar-refractivity contribution in [3.05, 3.63) is 61.0 Å². The number of carbonyl (C=O) groups excluding carboxylic acids is 2. The molecule has 22 heavy (non-hydrogen) atoms. The van der Waals surface area contributed by atoms with E-state index in [9.17, 15) is 9.59 Å². The highest BCUT2D eigenvalue weighted by Crippen LogP contribution is 1.92. The van der Waals surface area contributed by atoms with E-state index >= 15 is 0 Å². The largest absolute Gasteiger partial charge is 0.466 e. The number of carbonyl (C=O) groups is 2. The van der Waals surface area contributed by atoms with Crippen LogP contribution in [0.2, 0.25) is 0 Å². The topological polar surface area (TPSA) is 65.5 Å². The fraction of sp³-hybridized carbons (Fsp3) is 0.235. The van der Waals surface area contributed by atoms with Crippen LogP contribution in [0.25, 0.3) is 6.08 Å². The van der Waals surface area contributed by atoms with Gasteiger partial charge >= 0.3 is 11.9 Å². The van der Waals surface area contributed by atoms with E-state index in [1.54, 1.807) is 26.1 Å². The zero-order chi connectivity index (χ0) is 17.5. The third kappa shape index (κ3) is 12.3. The second-order valence-electron chi connectivity index (χ2n) is 4.00. The molecule has 1 rings (SSSR count). The lowest BCUT2D eigenvalue weighted by Crippen LogP contribution is -1.98. The Balaban J connectivity index is 0. The average molecular weight is 305 g/mol. The highest BCUT2D eigenvalue weighted by Gasteiger charge is 1.96. The summed E-state index contributed by atoms with van der Waals surface area (Å²) in [4.78, 5) is 24.4. The van der Waals surface area contributed by atoms with Crippen molar-refractivity contribution < 1.29 is 19.1 Å². The van der Waals surface area contributed by atoms with Crippen LogP contribution in [0.5, 0.6) is 0 Å². The lowest BCUT2D eigenvalue weighted by Gasteiger charge is -1.91. The molecule has 0 bridgehead atoms. The zero-order valence-electron chi connectivity index (χ0n) is 13.6. The number of methoxy groups -OCH3 is 2. The van der Waals surface area contributed by atoms with Gasteiger partial charge < -0.3 is 9.47 Å². The Morgan fingerprint density at radius 3 is 1.64 bits per heavy atom. The van der Waals surface area contributed by atoms with Gasteiger partial charge in [0.15, 0.2) is 0 Å². The molecule has 0 N–H and O–H groups in total. The third-order valence-corrected chi connectivity index (χ3v) is 1.96. The van der Waals surface area contributed by atoms with Gasteiger partial charge in [-0.05, 0) is 32.1 Å². The number of hydrogen-bond donors (Lipinski definition) is 0. The molecule has 0 atom stereocenters. The summed E-state index contributed by atoms with van der Waals surface area (Å²) in [5, 5.41) is 0. The van der Waals surface area contributed by atoms with E-state index in [0.29, 0.717) is 11.1 Å². The Bertz CT molecular complexity index is 481. The summed E-state index contributed by atoms with van der Waals surface area (Å²) < 4.78 is 8.55. The molecule has 0 spiro atoms. The van der Waals surface area contributed by atoms with Crippen LogP contribution in [0, 0.1) is 0 Å². The molecule has 5 heteroatoms. The molecule has 0 amide bonds. The van der Waals surface area contributed by atoms with Crippen molar-refractivity contribution in [1.82, 2.24) is 4.98 Å². The Morgan fingerprint density at radius 1 is 1.05 bits per heavy atom. The highest BCUT2D eigenvalue weighted by atomic mass is 16.5. The van der Waals surface area contributed by atoms with Crippen LogP contribution in [0.15, 0.2) is 55.3 Å². The molecule has 0 radical (unpaired) electrons. The number of esters is 2. The Hall–Kier alpha value is -2.69. The molecule has 0 aliphatic heterocycles. The zero-order valence-corrected chi connectivity index (χ0v) is 13.6. The van der Waals surface area contributed by atoms with Crippen LogP contribution >= 0.6 is 0 Å². The fourth-order valence-corrected chi connectivity index (χ4v) is 0.845. The number of nitrogens with zero attached hydrogens (tertiary/aromatic N) is 1. The van der Waals surface area contributed by atoms with Crippen LogP contribution < -0.4 is 0 Å². The molecule has 1 heterocycles. The summed E-state index contributed by atoms with van der Waals surface area (Å²) in [5.41, 5.74) is 1.79. The lowest BCUT2D eigenvalue weighted by molar-refractivity contribution is -0.136. The fourth-order valence-electron chi connectivity index (χ4n) is 0.845. The molecular formula is C17H23NO4. The predicted molar refractivity (Wildman–Crippen MR) is 88.0 cm³/mol. The van der Waals surface area contributed by atoms with E-state index in [4.69, 9.17) is 0 Å². The van der Waals surface area contributed by atoms with Gasteiger partial charge in [-0.2, -0.15) is 0 Å². The molecule has 0 aromatic carbocycles. The van der Waals surface area contributed by atoms with E-state index in [1.165, 1.54) is 14.2 Å². The minimum Gasteiger partial charge on any atom is -0.466 e. The standard InChI is InChI=1S/C7H7N.2C5H8O2/c1-2-7-5-3-4-6-8-7;2*1-4(2)5(6)7-3/h2-6H,1H2;2*1H2,2-3H3. The van der Waals surface area contributed by atoms with Crippen LogP contribution in [0.4, 0.5) is 0 Å². The molecular weight excluding hydrogens is 282 g/mol. The number of aromatic nitrogens is 1. The first-order chi connectivity index (χ1) is 10.3. The Kier molecular flexibility index (Phi) is 13.1. The monoisotopic (exact) mass is 305 g/mol. The van der Waals surface area contributed by atoms with Crippen molar-refractivity contribution in [3.63, 3.8) is 0 Å². The summed E-state index contributed by atoms with van der Waals surface area (Å²) in [6.45, 7) is 13.5. The van der Waals surface area contributed by atoms with Gasteiger partial charge in [0.05, 0.1) is 19.9 Å². The second kappa shape index (κ2) is 13.3. The Morgan fingerprint density at radius 2 is 1.50 bits per heavy atom. The molecule has 1 aromatic rings. The molecule has 0 unspecified atom stereocenters. The average Bonchev–Trinajstić information content (AvgIpc) is 2.54. The van der Waals surface area contributed by atoms with Gasteiger partial charge in [0.1, 0.15) is 0 Å². The number of hydrogen-bond acceptors (Lipinski definition) is 5. The van der Waals surface area contributed by atoms with Crippen LogP contribution in [0.1, 0.15) is 19.5 Å². The van der Waals surface area contributed by atoms with Crippen LogP contribution in [-0.2, 0) is 19.1 Å². The summed E-state index contributed by atoms with van der Waals surface area (Å²) in [6.07, 6.45) is 3.47. The van der Waals surface area contributed by atoms with E-state index in [-0.39, 0.29) is 11.9 Å². The van der Waals surface area contributed by atoms with Crippen molar-refractivity contribution in [2.24, 2.45) is 0 Å². The summed E-state index contributed by atoms with van der Waals surface area (Å²) >= 11 is 0. The maximum atomic E-state index is 10.2. The minimum atomic E-state index is -0.347. The van der Waals surface area contributed by atoms with E-state index in [2.05, 4.69) is 34.2 Å². The number of ether oxygens (including phenoxy) is 2. The quantitative estimate of drug-likeness (QED) is 0.634. The first-order valence-electron chi connectivity index (χ1n) is 6.31. The van der Waals surface area contributed by atoms with Gasteiger partial charge in [0, 0.05) is 17.3 Å². The van der Waals surface area contributed by atoms with Gasteiger partial charge in [-0.3, -0.25) is 4.98 Å². The van der Waals surface area contributed by atoms with Crippen molar-refractivity contribution in [1.29, 1.82) is 0 Å². The summed E-state index contributed by atoms with van der Waals surface area (Å²) in [6, 6.07) is 5.73. The van der Waals surface area contributed by atoms with E-state index < -0.39 is 0 Å².